The van der Waals surface area contributed by atoms with Gasteiger partial charge in [-0.15, -0.1) is 0 Å². The maximum atomic E-state index is 12.8. The zero-order valence-corrected chi connectivity index (χ0v) is 15.2. The number of carbonyl (C=O) groups excluding carboxylic acids is 1. The summed E-state index contributed by atoms with van der Waals surface area (Å²) in [6, 6.07) is 7.73. The Kier molecular flexibility index (Phi) is 5.44. The van der Waals surface area contributed by atoms with Gasteiger partial charge in [0.1, 0.15) is 11.5 Å². The van der Waals surface area contributed by atoms with Gasteiger partial charge in [0, 0.05) is 13.1 Å². The van der Waals surface area contributed by atoms with E-state index in [1.165, 1.54) is 51.6 Å². The van der Waals surface area contributed by atoms with Crippen molar-refractivity contribution in [2.45, 2.75) is 4.90 Å². The summed E-state index contributed by atoms with van der Waals surface area (Å²) in [5.74, 6) is -0.917. The molecule has 0 unspecified atom stereocenters. The van der Waals surface area contributed by atoms with Crippen molar-refractivity contribution in [1.82, 2.24) is 0 Å². The zero-order valence-electron chi connectivity index (χ0n) is 13.6. The monoisotopic (exact) mass is 384 g/mol. The van der Waals surface area contributed by atoms with Crippen molar-refractivity contribution in [3.8, 4) is 11.5 Å². The summed E-state index contributed by atoms with van der Waals surface area (Å²) in [5, 5.41) is 11.2. The number of carboxylic acid groups (broad SMARTS) is 1. The lowest BCUT2D eigenvalue weighted by molar-refractivity contribution is -0.255. The molecule has 0 aliphatic heterocycles. The van der Waals surface area contributed by atoms with Crippen molar-refractivity contribution >= 4 is 33.3 Å². The first-order valence-electron chi connectivity index (χ1n) is 6.94. The number of carbonyl (C=O) groups is 1. The van der Waals surface area contributed by atoms with Gasteiger partial charge in [0.15, 0.2) is 0 Å². The number of sulfonamides is 1. The van der Waals surface area contributed by atoms with E-state index in [9.17, 15) is 18.3 Å². The Morgan fingerprint density at radius 3 is 2.32 bits per heavy atom. The summed E-state index contributed by atoms with van der Waals surface area (Å²) in [6.45, 7) is 0. The minimum atomic E-state index is -4.05. The molecule has 2 aromatic carbocycles. The number of benzene rings is 2. The lowest BCUT2D eigenvalue weighted by atomic mass is 10.2. The SMILES string of the molecule is COc1cc(OC)c(N(C)S(=O)(=O)c2cccc(C(=O)[O-])c2)cc1Cl. The molecule has 0 radical (unpaired) electrons. The molecule has 0 aliphatic rings. The second-order valence-electron chi connectivity index (χ2n) is 4.95. The number of halogens is 1. The molecule has 0 amide bonds. The molecule has 0 spiro atoms. The maximum absolute atomic E-state index is 12.8. The summed E-state index contributed by atoms with van der Waals surface area (Å²) in [7, 11) is 0.0542. The number of rotatable bonds is 6. The third-order valence-corrected chi connectivity index (χ3v) is 5.58. The Morgan fingerprint density at radius 2 is 1.76 bits per heavy atom. The normalized spacial score (nSPS) is 11.0. The van der Waals surface area contributed by atoms with Crippen LogP contribution in [0.3, 0.4) is 0 Å². The molecule has 0 aliphatic carbocycles. The lowest BCUT2D eigenvalue weighted by Gasteiger charge is -2.23. The fraction of sp³-hybridized carbons (Fsp3) is 0.188. The first-order chi connectivity index (χ1) is 11.7. The second-order valence-corrected chi connectivity index (χ2v) is 7.32. The highest BCUT2D eigenvalue weighted by Crippen LogP contribution is 2.39. The molecule has 7 nitrogen and oxygen atoms in total. The molecule has 0 fully saturated rings. The van der Waals surface area contributed by atoms with Gasteiger partial charge >= 0.3 is 0 Å². The van der Waals surface area contributed by atoms with Gasteiger partial charge in [-0.05, 0) is 23.8 Å². The topological polar surface area (TPSA) is 96.0 Å². The minimum Gasteiger partial charge on any atom is -0.545 e. The predicted octanol–water partition coefficient (Wildman–Crippen LogP) is 1.55. The number of carboxylic acids is 1. The molecule has 0 heterocycles. The van der Waals surface area contributed by atoms with Crippen LogP contribution in [0, 0.1) is 0 Å². The molecule has 0 saturated carbocycles. The highest BCUT2D eigenvalue weighted by Gasteiger charge is 2.25. The van der Waals surface area contributed by atoms with E-state index < -0.39 is 16.0 Å². The fourth-order valence-electron chi connectivity index (χ4n) is 2.16. The third kappa shape index (κ3) is 3.64. The van der Waals surface area contributed by atoms with Crippen LogP contribution in [0.4, 0.5) is 5.69 Å². The highest BCUT2D eigenvalue weighted by atomic mass is 35.5. The van der Waals surface area contributed by atoms with Crippen molar-refractivity contribution in [1.29, 1.82) is 0 Å². The van der Waals surface area contributed by atoms with E-state index in [-0.39, 0.29) is 26.9 Å². The van der Waals surface area contributed by atoms with E-state index in [4.69, 9.17) is 21.1 Å². The molecule has 0 saturated heterocycles. The zero-order chi connectivity index (χ0) is 18.8. The first kappa shape index (κ1) is 18.9. The van der Waals surface area contributed by atoms with Crippen LogP contribution in [0.5, 0.6) is 11.5 Å². The molecule has 134 valence electrons. The van der Waals surface area contributed by atoms with Crippen LogP contribution in [-0.2, 0) is 10.0 Å². The average molecular weight is 385 g/mol. The average Bonchev–Trinajstić information content (AvgIpc) is 2.60. The molecule has 0 N–H and O–H groups in total. The van der Waals surface area contributed by atoms with Crippen LogP contribution < -0.4 is 18.9 Å². The van der Waals surface area contributed by atoms with E-state index in [1.54, 1.807) is 0 Å². The van der Waals surface area contributed by atoms with E-state index >= 15 is 0 Å². The van der Waals surface area contributed by atoms with Crippen molar-refractivity contribution < 1.29 is 27.8 Å². The molecular formula is C16H15ClNO6S-. The van der Waals surface area contributed by atoms with Crippen LogP contribution in [0.2, 0.25) is 5.02 Å². The van der Waals surface area contributed by atoms with Gasteiger partial charge in [-0.1, -0.05) is 23.7 Å². The van der Waals surface area contributed by atoms with Gasteiger partial charge < -0.3 is 19.4 Å². The van der Waals surface area contributed by atoms with E-state index in [0.29, 0.717) is 5.75 Å². The van der Waals surface area contributed by atoms with Crippen molar-refractivity contribution in [2.75, 3.05) is 25.6 Å². The van der Waals surface area contributed by atoms with Crippen LogP contribution in [-0.4, -0.2) is 35.7 Å². The quantitative estimate of drug-likeness (QED) is 0.749. The molecule has 0 aromatic heterocycles. The largest absolute Gasteiger partial charge is 0.545 e. The van der Waals surface area contributed by atoms with Gasteiger partial charge in [0.05, 0.1) is 35.8 Å². The third-order valence-electron chi connectivity index (χ3n) is 3.52. The summed E-state index contributed by atoms with van der Waals surface area (Å²) < 4.78 is 36.9. The fourth-order valence-corrected chi connectivity index (χ4v) is 3.64. The summed E-state index contributed by atoms with van der Waals surface area (Å²) in [5.41, 5.74) is -0.0682. The van der Waals surface area contributed by atoms with E-state index in [0.717, 1.165) is 10.4 Å². The predicted molar refractivity (Wildman–Crippen MR) is 90.9 cm³/mol. The first-order valence-corrected chi connectivity index (χ1v) is 8.76. The number of methoxy groups -OCH3 is 2. The van der Waals surface area contributed by atoms with Crippen LogP contribution >= 0.6 is 11.6 Å². The number of anilines is 1. The smallest absolute Gasteiger partial charge is 0.264 e. The van der Waals surface area contributed by atoms with Crippen molar-refractivity contribution in [3.63, 3.8) is 0 Å². The lowest BCUT2D eigenvalue weighted by Crippen LogP contribution is -2.28. The molecular weight excluding hydrogens is 370 g/mol. The Balaban J connectivity index is 2.56. The Morgan fingerprint density at radius 1 is 1.12 bits per heavy atom. The van der Waals surface area contributed by atoms with Gasteiger partial charge in [-0.3, -0.25) is 4.31 Å². The van der Waals surface area contributed by atoms with Crippen molar-refractivity contribution in [2.24, 2.45) is 0 Å². The molecule has 25 heavy (non-hydrogen) atoms. The van der Waals surface area contributed by atoms with Gasteiger partial charge in [0.2, 0.25) is 0 Å². The number of nitrogens with zero attached hydrogens (tertiary/aromatic N) is 1. The molecule has 0 atom stereocenters. The Bertz CT molecular complexity index is 913. The van der Waals surface area contributed by atoms with Crippen LogP contribution in [0.1, 0.15) is 10.4 Å². The van der Waals surface area contributed by atoms with Crippen LogP contribution in [0.15, 0.2) is 41.3 Å². The summed E-state index contributed by atoms with van der Waals surface area (Å²) >= 11 is 6.08. The molecule has 2 rings (SSSR count). The highest BCUT2D eigenvalue weighted by molar-refractivity contribution is 7.92. The minimum absolute atomic E-state index is 0.173. The van der Waals surface area contributed by atoms with E-state index in [2.05, 4.69) is 0 Å². The summed E-state index contributed by atoms with van der Waals surface area (Å²) in [6.07, 6.45) is 0. The summed E-state index contributed by atoms with van der Waals surface area (Å²) in [4.78, 5) is 10.8. The standard InChI is InChI=1S/C16H16ClNO6S/c1-18(13-8-12(17)14(23-2)9-15(13)24-3)25(21,22)11-6-4-5-10(7-11)16(19)20/h4-9H,1-3H3,(H,19,20)/p-1. The van der Waals surface area contributed by atoms with Crippen LogP contribution in [0.25, 0.3) is 0 Å². The molecule has 9 heteroatoms. The van der Waals surface area contributed by atoms with E-state index in [1.807, 2.05) is 0 Å². The van der Waals surface area contributed by atoms with Gasteiger partial charge in [0.25, 0.3) is 10.0 Å². The number of ether oxygens (including phenoxy) is 2. The van der Waals surface area contributed by atoms with Gasteiger partial charge in [-0.25, -0.2) is 8.42 Å². The molecule has 0 bridgehead atoms. The number of hydrogen-bond donors (Lipinski definition) is 0. The number of aromatic carboxylic acids is 1. The van der Waals surface area contributed by atoms with Gasteiger partial charge in [-0.2, -0.15) is 0 Å². The number of hydrogen-bond acceptors (Lipinski definition) is 6. The Labute approximate surface area is 150 Å². The Hall–Kier alpha value is -2.45. The molecule has 2 aromatic rings. The second kappa shape index (κ2) is 7.20. The maximum Gasteiger partial charge on any atom is 0.264 e. The van der Waals surface area contributed by atoms with Crippen molar-refractivity contribution in [3.05, 3.63) is 47.0 Å².